The molecule has 0 aliphatic carbocycles. The summed E-state index contributed by atoms with van der Waals surface area (Å²) in [6.07, 6.45) is 2.65. The largest absolute Gasteiger partial charge is 0.387 e. The molecule has 6 rings (SSSR count). The van der Waals surface area contributed by atoms with Gasteiger partial charge in [0.2, 0.25) is 0 Å². The monoisotopic (exact) mass is 414 g/mol. The van der Waals surface area contributed by atoms with Crippen molar-refractivity contribution in [1.29, 1.82) is 0 Å². The van der Waals surface area contributed by atoms with Gasteiger partial charge in [-0.25, -0.2) is 9.98 Å². The summed E-state index contributed by atoms with van der Waals surface area (Å²) in [5.74, 6) is 1.64. The second-order valence-electron chi connectivity index (χ2n) is 8.66. The van der Waals surface area contributed by atoms with Gasteiger partial charge in [0.1, 0.15) is 11.7 Å². The van der Waals surface area contributed by atoms with Crippen molar-refractivity contribution in [1.82, 2.24) is 14.9 Å². The number of hydrogen-bond donors (Lipinski definition) is 1. The molecule has 3 aliphatic rings. The van der Waals surface area contributed by atoms with Crippen LogP contribution in [-0.2, 0) is 11.2 Å². The molecule has 2 fully saturated rings. The van der Waals surface area contributed by atoms with E-state index in [4.69, 9.17) is 20.4 Å². The van der Waals surface area contributed by atoms with Gasteiger partial charge < -0.3 is 15.4 Å². The highest BCUT2D eigenvalue weighted by Gasteiger charge is 2.33. The van der Waals surface area contributed by atoms with Crippen molar-refractivity contribution < 1.29 is 4.74 Å². The molecule has 7 heteroatoms. The zero-order valence-electron chi connectivity index (χ0n) is 17.7. The van der Waals surface area contributed by atoms with E-state index >= 15 is 0 Å². The second-order valence-corrected chi connectivity index (χ2v) is 8.66. The number of aliphatic imine (C=N–C) groups is 1. The fourth-order valence-electron chi connectivity index (χ4n) is 4.86. The molecule has 0 amide bonds. The van der Waals surface area contributed by atoms with Crippen molar-refractivity contribution in [2.75, 3.05) is 44.3 Å². The molecule has 4 heterocycles. The Morgan fingerprint density at radius 3 is 2.77 bits per heavy atom. The van der Waals surface area contributed by atoms with Crippen LogP contribution in [0.4, 0.5) is 11.5 Å². The molecule has 2 N–H and O–H groups in total. The van der Waals surface area contributed by atoms with Gasteiger partial charge in [-0.1, -0.05) is 18.2 Å². The van der Waals surface area contributed by atoms with Crippen molar-refractivity contribution in [3.05, 3.63) is 47.7 Å². The van der Waals surface area contributed by atoms with E-state index in [0.29, 0.717) is 11.9 Å². The van der Waals surface area contributed by atoms with Gasteiger partial charge in [0, 0.05) is 38.6 Å². The summed E-state index contributed by atoms with van der Waals surface area (Å²) in [5, 5.41) is 0. The van der Waals surface area contributed by atoms with Gasteiger partial charge in [-0.2, -0.15) is 0 Å². The maximum atomic E-state index is 5.92. The average molecular weight is 415 g/mol. The number of aryl methyl sites for hydroxylation is 1. The Balaban J connectivity index is 1.29. The zero-order valence-corrected chi connectivity index (χ0v) is 17.7. The number of fused-ring (bicyclic) bond motifs is 2. The Morgan fingerprint density at radius 1 is 1.10 bits per heavy atom. The third-order valence-electron chi connectivity index (χ3n) is 6.74. The lowest BCUT2D eigenvalue weighted by atomic mass is 9.97. The van der Waals surface area contributed by atoms with Crippen LogP contribution in [0.15, 0.2) is 41.5 Å². The van der Waals surface area contributed by atoms with Gasteiger partial charge in [0.25, 0.3) is 0 Å². The van der Waals surface area contributed by atoms with Gasteiger partial charge in [0.15, 0.2) is 0 Å². The molecule has 158 valence electrons. The Morgan fingerprint density at radius 2 is 1.94 bits per heavy atom. The summed E-state index contributed by atoms with van der Waals surface area (Å²) in [6.45, 7) is 7.88. The minimum atomic E-state index is 0.591. The number of ether oxygens (including phenoxy) is 1. The molecular formula is C24H26N6O. The fraction of sp³-hybridized carbons (Fsp3) is 0.375. The third-order valence-corrected chi connectivity index (χ3v) is 6.74. The average Bonchev–Trinajstić information content (AvgIpc) is 3.13. The molecule has 0 radical (unpaired) electrons. The lowest BCUT2D eigenvalue weighted by Crippen LogP contribution is -2.61. The van der Waals surface area contributed by atoms with Crippen LogP contribution >= 0.6 is 0 Å². The van der Waals surface area contributed by atoms with Crippen molar-refractivity contribution in [2.24, 2.45) is 10.7 Å². The van der Waals surface area contributed by atoms with Gasteiger partial charge in [-0.05, 0) is 41.3 Å². The Hall–Kier alpha value is -3.03. The van der Waals surface area contributed by atoms with E-state index < -0.39 is 0 Å². The highest BCUT2D eigenvalue weighted by atomic mass is 16.5. The van der Waals surface area contributed by atoms with E-state index in [1.807, 2.05) is 6.20 Å². The van der Waals surface area contributed by atoms with E-state index in [0.717, 1.165) is 85.0 Å². The molecule has 0 unspecified atom stereocenters. The number of nitrogens with two attached hydrogens (primary N) is 1. The summed E-state index contributed by atoms with van der Waals surface area (Å²) >= 11 is 0. The molecule has 7 nitrogen and oxygen atoms in total. The number of rotatable bonds is 3. The fourth-order valence-corrected chi connectivity index (χ4v) is 4.86. The number of nitrogens with zero attached hydrogens (tertiary/aromatic N) is 5. The van der Waals surface area contributed by atoms with Crippen molar-refractivity contribution in [2.45, 2.75) is 19.4 Å². The normalized spacial score (nSPS) is 19.4. The summed E-state index contributed by atoms with van der Waals surface area (Å²) in [5.41, 5.74) is 13.4. The molecule has 1 aromatic heterocycles. The van der Waals surface area contributed by atoms with Crippen molar-refractivity contribution >= 4 is 28.4 Å². The minimum absolute atomic E-state index is 0.591. The van der Waals surface area contributed by atoms with E-state index in [2.05, 4.69) is 52.0 Å². The van der Waals surface area contributed by atoms with Gasteiger partial charge in [-0.3, -0.25) is 9.88 Å². The van der Waals surface area contributed by atoms with Gasteiger partial charge >= 0.3 is 0 Å². The topological polar surface area (TPSA) is 79.9 Å². The molecule has 2 saturated heterocycles. The number of anilines is 1. The number of benzene rings is 2. The van der Waals surface area contributed by atoms with Crippen LogP contribution in [0.3, 0.4) is 0 Å². The van der Waals surface area contributed by atoms with E-state index in [1.165, 1.54) is 5.56 Å². The number of aromatic nitrogens is 2. The van der Waals surface area contributed by atoms with Crippen LogP contribution in [0.2, 0.25) is 0 Å². The minimum Gasteiger partial charge on any atom is -0.387 e. The first-order chi connectivity index (χ1) is 15.2. The van der Waals surface area contributed by atoms with Crippen LogP contribution in [0, 0.1) is 6.92 Å². The standard InChI is InChI=1S/C24H26N6O/c1-15-19(16-2-3-17-11-22(25)27-21(17)10-16)4-5-20-24(15)28-23(12-26-20)30-13-18(14-30)29-6-8-31-9-7-29/h2-5,10,12,18H,6-9,11,13-14H2,1H3,(H2,25,27). The highest BCUT2D eigenvalue weighted by molar-refractivity contribution is 5.93. The second kappa shape index (κ2) is 7.28. The van der Waals surface area contributed by atoms with Gasteiger partial charge in [0.05, 0.1) is 36.1 Å². The Bertz CT molecular complexity index is 1190. The predicted octanol–water partition coefficient (Wildman–Crippen LogP) is 2.67. The summed E-state index contributed by atoms with van der Waals surface area (Å²) in [7, 11) is 0. The molecular weight excluding hydrogens is 388 g/mol. The number of amidine groups is 1. The Labute approximate surface area is 181 Å². The first-order valence-electron chi connectivity index (χ1n) is 10.9. The maximum Gasteiger partial charge on any atom is 0.147 e. The quantitative estimate of drug-likeness (QED) is 0.710. The summed E-state index contributed by atoms with van der Waals surface area (Å²) in [6, 6.07) is 11.2. The predicted molar refractivity (Wildman–Crippen MR) is 123 cm³/mol. The van der Waals surface area contributed by atoms with Crippen LogP contribution in [0.5, 0.6) is 0 Å². The van der Waals surface area contributed by atoms with Crippen LogP contribution < -0.4 is 10.6 Å². The molecule has 0 spiro atoms. The van der Waals surface area contributed by atoms with Crippen molar-refractivity contribution in [3.8, 4) is 11.1 Å². The van der Waals surface area contributed by atoms with E-state index in [9.17, 15) is 0 Å². The summed E-state index contributed by atoms with van der Waals surface area (Å²) < 4.78 is 5.48. The van der Waals surface area contributed by atoms with Gasteiger partial charge in [-0.15, -0.1) is 0 Å². The molecule has 3 aromatic rings. The molecule has 0 atom stereocenters. The van der Waals surface area contributed by atoms with Crippen LogP contribution in [-0.4, -0.2) is 66.1 Å². The smallest absolute Gasteiger partial charge is 0.147 e. The highest BCUT2D eigenvalue weighted by Crippen LogP contribution is 2.35. The van der Waals surface area contributed by atoms with Crippen LogP contribution in [0.1, 0.15) is 11.1 Å². The number of morpholine rings is 1. The number of hydrogen-bond acceptors (Lipinski definition) is 7. The van der Waals surface area contributed by atoms with E-state index in [1.54, 1.807) is 0 Å². The first kappa shape index (κ1) is 18.7. The summed E-state index contributed by atoms with van der Waals surface area (Å²) in [4.78, 5) is 19.1. The lowest BCUT2D eigenvalue weighted by Gasteiger charge is -2.47. The molecule has 0 saturated carbocycles. The first-order valence-corrected chi connectivity index (χ1v) is 10.9. The molecule has 0 bridgehead atoms. The van der Waals surface area contributed by atoms with E-state index in [-0.39, 0.29) is 0 Å². The Kier molecular flexibility index (Phi) is 4.40. The molecule has 2 aromatic carbocycles. The lowest BCUT2D eigenvalue weighted by molar-refractivity contribution is 0.0104. The van der Waals surface area contributed by atoms with Crippen LogP contribution in [0.25, 0.3) is 22.2 Å². The zero-order chi connectivity index (χ0) is 20.9. The maximum absolute atomic E-state index is 5.92. The SMILES string of the molecule is Cc1c(-c2ccc3c(c2)N=C(N)C3)ccc2ncc(N3CC(N4CCOCC4)C3)nc12. The molecule has 31 heavy (non-hydrogen) atoms. The molecule has 3 aliphatic heterocycles. The third kappa shape index (κ3) is 3.25. The van der Waals surface area contributed by atoms with Crippen molar-refractivity contribution in [3.63, 3.8) is 0 Å².